The first-order valence-electron chi connectivity index (χ1n) is 4.15. The van der Waals surface area contributed by atoms with E-state index in [2.05, 4.69) is 28.0 Å². The van der Waals surface area contributed by atoms with Gasteiger partial charge in [0.05, 0.1) is 11.1 Å². The third-order valence-corrected chi connectivity index (χ3v) is 3.95. The van der Waals surface area contributed by atoms with E-state index in [-0.39, 0.29) is 21.6 Å². The van der Waals surface area contributed by atoms with Crippen LogP contribution < -0.4 is 5.56 Å². The number of nitrogens with zero attached hydrogens (tertiary/aromatic N) is 2. The Kier molecular flexibility index (Phi) is 2.62. The van der Waals surface area contributed by atoms with Gasteiger partial charge in [0.2, 0.25) is 0 Å². The monoisotopic (exact) mass is 296 g/mol. The molecule has 14 heavy (non-hydrogen) atoms. The van der Waals surface area contributed by atoms with E-state index in [1.165, 1.54) is 4.68 Å². The third kappa shape index (κ3) is 1.59. The highest BCUT2D eigenvalue weighted by Crippen LogP contribution is 2.41. The summed E-state index contributed by atoms with van der Waals surface area (Å²) in [4.78, 5) is 11.6. The van der Waals surface area contributed by atoms with E-state index in [9.17, 15) is 4.79 Å². The minimum absolute atomic E-state index is 0.0349. The lowest BCUT2D eigenvalue weighted by atomic mass is 10.5. The van der Waals surface area contributed by atoms with Gasteiger partial charge in [0.25, 0.3) is 5.56 Å². The molecule has 0 aromatic carbocycles. The summed E-state index contributed by atoms with van der Waals surface area (Å²) < 4.78 is 1.83. The average molecular weight is 298 g/mol. The van der Waals surface area contributed by atoms with Gasteiger partial charge in [-0.15, -0.1) is 0 Å². The lowest BCUT2D eigenvalue weighted by molar-refractivity contribution is 0.563. The molecule has 6 heteroatoms. The van der Waals surface area contributed by atoms with Crippen LogP contribution in [0.25, 0.3) is 0 Å². The second-order valence-corrected chi connectivity index (χ2v) is 4.96. The number of hydrogen-bond donors (Lipinski definition) is 0. The molecule has 1 aromatic rings. The molecule has 1 fully saturated rings. The third-order valence-electron chi connectivity index (χ3n) is 2.35. The summed E-state index contributed by atoms with van der Waals surface area (Å²) in [6, 6.07) is 0.175. The van der Waals surface area contributed by atoms with Gasteiger partial charge in [0.1, 0.15) is 9.63 Å². The Bertz CT molecular complexity index is 446. The summed E-state index contributed by atoms with van der Waals surface area (Å²) in [5.74, 6) is 0.490. The molecule has 0 spiro atoms. The van der Waals surface area contributed by atoms with Crippen molar-refractivity contribution >= 4 is 39.1 Å². The van der Waals surface area contributed by atoms with E-state index in [0.29, 0.717) is 10.5 Å². The topological polar surface area (TPSA) is 34.9 Å². The lowest BCUT2D eigenvalue weighted by Crippen LogP contribution is -2.23. The first kappa shape index (κ1) is 10.5. The van der Waals surface area contributed by atoms with E-state index in [0.717, 1.165) is 6.42 Å². The zero-order valence-electron chi connectivity index (χ0n) is 7.30. The first-order chi connectivity index (χ1) is 6.52. The largest absolute Gasteiger partial charge is 0.287 e. The number of hydrogen-bond acceptors (Lipinski definition) is 2. The van der Waals surface area contributed by atoms with Crippen molar-refractivity contribution in [1.82, 2.24) is 9.78 Å². The summed E-state index contributed by atoms with van der Waals surface area (Å²) in [7, 11) is 0. The predicted octanol–water partition coefficient (Wildman–Crippen LogP) is 2.89. The fourth-order valence-electron chi connectivity index (χ4n) is 1.34. The standard InChI is InChI=1S/C8H7BrCl2N2O/c1-3-2-4(3)13-8(14)6(11)5(10)7(9)12-13/h3-4H,2H2,1H3/t3?,4-/m0/s1. The minimum atomic E-state index is -0.311. The van der Waals surface area contributed by atoms with Crippen LogP contribution in [0.15, 0.2) is 9.40 Å². The molecule has 1 heterocycles. The van der Waals surface area contributed by atoms with E-state index < -0.39 is 0 Å². The highest BCUT2D eigenvalue weighted by Gasteiger charge is 2.37. The van der Waals surface area contributed by atoms with Crippen molar-refractivity contribution in [3.05, 3.63) is 25.0 Å². The van der Waals surface area contributed by atoms with Crippen molar-refractivity contribution in [2.75, 3.05) is 0 Å². The summed E-state index contributed by atoms with van der Waals surface area (Å²) >= 11 is 14.7. The Morgan fingerprint density at radius 1 is 1.50 bits per heavy atom. The van der Waals surface area contributed by atoms with Gasteiger partial charge in [0.15, 0.2) is 0 Å². The Morgan fingerprint density at radius 3 is 2.57 bits per heavy atom. The maximum atomic E-state index is 11.6. The molecule has 1 saturated carbocycles. The molecule has 0 N–H and O–H groups in total. The Labute approximate surface area is 99.1 Å². The van der Waals surface area contributed by atoms with Gasteiger partial charge < -0.3 is 0 Å². The molecule has 1 aliphatic rings. The Balaban J connectivity index is 2.57. The van der Waals surface area contributed by atoms with Crippen molar-refractivity contribution in [3.63, 3.8) is 0 Å². The van der Waals surface area contributed by atoms with Gasteiger partial charge in [-0.3, -0.25) is 4.79 Å². The number of rotatable bonds is 1. The SMILES string of the molecule is CC1C[C@@H]1n1nc(Br)c(Cl)c(Cl)c1=O. The number of halogens is 3. The van der Waals surface area contributed by atoms with E-state index in [1.54, 1.807) is 0 Å². The van der Waals surface area contributed by atoms with Crippen LogP contribution in [0.3, 0.4) is 0 Å². The van der Waals surface area contributed by atoms with Crippen LogP contribution in [0.4, 0.5) is 0 Å². The number of aromatic nitrogens is 2. The van der Waals surface area contributed by atoms with Crippen molar-refractivity contribution in [2.24, 2.45) is 5.92 Å². The minimum Gasteiger partial charge on any atom is -0.266 e. The Morgan fingerprint density at radius 2 is 2.07 bits per heavy atom. The molecule has 2 atom stereocenters. The van der Waals surface area contributed by atoms with Crippen molar-refractivity contribution in [1.29, 1.82) is 0 Å². The van der Waals surface area contributed by atoms with E-state index in [4.69, 9.17) is 23.2 Å². The van der Waals surface area contributed by atoms with Crippen molar-refractivity contribution < 1.29 is 0 Å². The van der Waals surface area contributed by atoms with Crippen LogP contribution in [0, 0.1) is 5.92 Å². The second-order valence-electron chi connectivity index (χ2n) is 3.45. The Hall–Kier alpha value is -0.0600. The molecule has 0 aliphatic heterocycles. The van der Waals surface area contributed by atoms with Gasteiger partial charge in [-0.2, -0.15) is 5.10 Å². The zero-order valence-corrected chi connectivity index (χ0v) is 10.4. The molecule has 0 radical (unpaired) electrons. The van der Waals surface area contributed by atoms with Crippen LogP contribution in [-0.2, 0) is 0 Å². The maximum Gasteiger partial charge on any atom is 0.287 e. The van der Waals surface area contributed by atoms with Crippen molar-refractivity contribution in [2.45, 2.75) is 19.4 Å². The zero-order chi connectivity index (χ0) is 10.5. The summed E-state index contributed by atoms with van der Waals surface area (Å²) in [6.45, 7) is 2.06. The smallest absolute Gasteiger partial charge is 0.266 e. The molecule has 0 amide bonds. The molecule has 0 bridgehead atoms. The van der Waals surface area contributed by atoms with Crippen LogP contribution in [0.2, 0.25) is 10.0 Å². The van der Waals surface area contributed by atoms with Gasteiger partial charge in [-0.25, -0.2) is 4.68 Å². The van der Waals surface area contributed by atoms with Crippen LogP contribution in [-0.4, -0.2) is 9.78 Å². The maximum absolute atomic E-state index is 11.6. The van der Waals surface area contributed by atoms with E-state index >= 15 is 0 Å². The molecule has 2 rings (SSSR count). The van der Waals surface area contributed by atoms with Crippen molar-refractivity contribution in [3.8, 4) is 0 Å². The van der Waals surface area contributed by atoms with Gasteiger partial charge in [-0.1, -0.05) is 30.1 Å². The summed E-state index contributed by atoms with van der Waals surface area (Å²) in [5.41, 5.74) is -0.311. The summed E-state index contributed by atoms with van der Waals surface area (Å²) in [5, 5.41) is 4.27. The summed E-state index contributed by atoms with van der Waals surface area (Å²) in [6.07, 6.45) is 0.970. The normalized spacial score (nSPS) is 25.1. The van der Waals surface area contributed by atoms with E-state index in [1.807, 2.05) is 0 Å². The van der Waals surface area contributed by atoms with Gasteiger partial charge >= 0.3 is 0 Å². The molecule has 3 nitrogen and oxygen atoms in total. The average Bonchev–Trinajstić information content (AvgIpc) is 2.85. The van der Waals surface area contributed by atoms with Gasteiger partial charge in [-0.05, 0) is 28.3 Å². The fraction of sp³-hybridized carbons (Fsp3) is 0.500. The highest BCUT2D eigenvalue weighted by atomic mass is 79.9. The van der Waals surface area contributed by atoms with Crippen LogP contribution in [0.5, 0.6) is 0 Å². The van der Waals surface area contributed by atoms with Crippen LogP contribution >= 0.6 is 39.1 Å². The molecule has 1 aliphatic carbocycles. The highest BCUT2D eigenvalue weighted by molar-refractivity contribution is 9.10. The molecule has 0 saturated heterocycles. The molecule has 1 aromatic heterocycles. The fourth-order valence-corrected chi connectivity index (χ4v) is 2.11. The lowest BCUT2D eigenvalue weighted by Gasteiger charge is -2.05. The quantitative estimate of drug-likeness (QED) is 0.799. The van der Waals surface area contributed by atoms with Crippen LogP contribution in [0.1, 0.15) is 19.4 Å². The predicted molar refractivity (Wildman–Crippen MR) is 59.0 cm³/mol. The second kappa shape index (κ2) is 3.51. The molecule has 76 valence electrons. The van der Waals surface area contributed by atoms with Gasteiger partial charge in [0, 0.05) is 0 Å². The molecular formula is C8H7BrCl2N2O. The molecule has 1 unspecified atom stereocenters. The molecular weight excluding hydrogens is 291 g/mol. The first-order valence-corrected chi connectivity index (χ1v) is 5.70.